The fourth-order valence-electron chi connectivity index (χ4n) is 4.17. The Hall–Kier alpha value is -4.07. The first kappa shape index (κ1) is 26.5. The van der Waals surface area contributed by atoms with E-state index in [2.05, 4.69) is 66.9 Å². The minimum Gasteiger partial charge on any atom is -0.486 e. The summed E-state index contributed by atoms with van der Waals surface area (Å²) in [6.45, 7) is 1.80. The third kappa shape index (κ3) is 6.50. The van der Waals surface area contributed by atoms with Crippen LogP contribution in [0.2, 0.25) is 0 Å². The third-order valence-electron chi connectivity index (χ3n) is 6.15. The van der Waals surface area contributed by atoms with Crippen LogP contribution in [0.3, 0.4) is 0 Å². The SMILES string of the molecule is CSc1ccc(-c2sc(COc3ccc(OCC(=O)O)c(C)c3)nc2-c2ccc(-c3ccccc3)cc2)cc1. The quantitative estimate of drug-likeness (QED) is 0.176. The molecule has 0 amide bonds. The van der Waals surface area contributed by atoms with Crippen molar-refractivity contribution in [2.45, 2.75) is 18.4 Å². The van der Waals surface area contributed by atoms with Crippen molar-refractivity contribution >= 4 is 29.1 Å². The van der Waals surface area contributed by atoms with Gasteiger partial charge in [0.2, 0.25) is 0 Å². The van der Waals surface area contributed by atoms with E-state index in [0.29, 0.717) is 18.1 Å². The first-order valence-corrected chi connectivity index (χ1v) is 14.4. The molecule has 0 atom stereocenters. The summed E-state index contributed by atoms with van der Waals surface area (Å²) in [5.41, 5.74) is 6.26. The second kappa shape index (κ2) is 12.2. The van der Waals surface area contributed by atoms with E-state index in [1.54, 1.807) is 35.2 Å². The van der Waals surface area contributed by atoms with E-state index >= 15 is 0 Å². The minimum absolute atomic E-state index is 0.317. The molecule has 196 valence electrons. The summed E-state index contributed by atoms with van der Waals surface area (Å²) in [5.74, 6) is 0.184. The number of thiazole rings is 1. The second-order valence-electron chi connectivity index (χ2n) is 8.86. The number of ether oxygens (including phenoxy) is 2. The van der Waals surface area contributed by atoms with E-state index in [0.717, 1.165) is 37.8 Å². The minimum atomic E-state index is -1.01. The average Bonchev–Trinajstić information content (AvgIpc) is 3.40. The molecular formula is C32H27NO4S2. The number of aliphatic carboxylic acids is 1. The predicted molar refractivity (Wildman–Crippen MR) is 159 cm³/mol. The molecule has 1 heterocycles. The highest BCUT2D eigenvalue weighted by Gasteiger charge is 2.16. The van der Waals surface area contributed by atoms with E-state index in [-0.39, 0.29) is 6.61 Å². The smallest absolute Gasteiger partial charge is 0.341 e. The molecule has 1 aromatic heterocycles. The third-order valence-corrected chi connectivity index (χ3v) is 7.97. The molecule has 0 radical (unpaired) electrons. The summed E-state index contributed by atoms with van der Waals surface area (Å²) >= 11 is 3.35. The van der Waals surface area contributed by atoms with Crippen LogP contribution in [0.1, 0.15) is 10.6 Å². The van der Waals surface area contributed by atoms with Gasteiger partial charge in [-0.15, -0.1) is 23.1 Å². The number of rotatable bonds is 10. The highest BCUT2D eigenvalue weighted by atomic mass is 32.2. The van der Waals surface area contributed by atoms with Gasteiger partial charge in [0.05, 0.1) is 10.6 Å². The molecule has 0 aliphatic heterocycles. The van der Waals surface area contributed by atoms with Crippen LogP contribution in [-0.4, -0.2) is 28.9 Å². The molecule has 39 heavy (non-hydrogen) atoms. The molecule has 1 N–H and O–H groups in total. The van der Waals surface area contributed by atoms with Crippen molar-refractivity contribution in [2.24, 2.45) is 0 Å². The maximum atomic E-state index is 10.8. The molecule has 5 aromatic rings. The summed E-state index contributed by atoms with van der Waals surface area (Å²) < 4.78 is 11.4. The Morgan fingerprint density at radius 3 is 2.18 bits per heavy atom. The van der Waals surface area contributed by atoms with Crippen LogP contribution in [0.15, 0.2) is 102 Å². The zero-order valence-electron chi connectivity index (χ0n) is 21.6. The summed E-state index contributed by atoms with van der Waals surface area (Å²) in [4.78, 5) is 18.1. The number of hydrogen-bond acceptors (Lipinski definition) is 6. The van der Waals surface area contributed by atoms with Crippen LogP contribution in [0, 0.1) is 6.92 Å². The molecule has 4 aromatic carbocycles. The largest absolute Gasteiger partial charge is 0.486 e. The van der Waals surface area contributed by atoms with Gasteiger partial charge in [0.15, 0.2) is 6.61 Å². The van der Waals surface area contributed by atoms with Gasteiger partial charge >= 0.3 is 5.97 Å². The number of benzene rings is 4. The Kier molecular flexibility index (Phi) is 8.30. The van der Waals surface area contributed by atoms with Gasteiger partial charge in [-0.05, 0) is 65.8 Å². The Morgan fingerprint density at radius 2 is 1.51 bits per heavy atom. The zero-order valence-corrected chi connectivity index (χ0v) is 23.2. The zero-order chi connectivity index (χ0) is 27.2. The number of carboxylic acids is 1. The predicted octanol–water partition coefficient (Wildman–Crippen LogP) is 8.22. The number of thioether (sulfide) groups is 1. The number of aromatic nitrogens is 1. The van der Waals surface area contributed by atoms with Crippen LogP contribution >= 0.6 is 23.1 Å². The van der Waals surface area contributed by atoms with Gasteiger partial charge in [-0.25, -0.2) is 9.78 Å². The maximum Gasteiger partial charge on any atom is 0.341 e. The van der Waals surface area contributed by atoms with E-state index in [1.165, 1.54) is 10.5 Å². The lowest BCUT2D eigenvalue weighted by molar-refractivity contribution is -0.139. The Labute approximate surface area is 236 Å². The molecular weight excluding hydrogens is 526 g/mol. The molecule has 0 spiro atoms. The van der Waals surface area contributed by atoms with Crippen molar-refractivity contribution in [2.75, 3.05) is 12.9 Å². The van der Waals surface area contributed by atoms with Crippen LogP contribution in [0.5, 0.6) is 11.5 Å². The van der Waals surface area contributed by atoms with Crippen molar-refractivity contribution < 1.29 is 19.4 Å². The van der Waals surface area contributed by atoms with Gasteiger partial charge in [0.25, 0.3) is 0 Å². The van der Waals surface area contributed by atoms with E-state index in [1.807, 2.05) is 31.2 Å². The molecule has 5 rings (SSSR count). The fraction of sp³-hybridized carbons (Fsp3) is 0.125. The number of carboxylic acid groups (broad SMARTS) is 1. The van der Waals surface area contributed by atoms with Gasteiger partial charge < -0.3 is 14.6 Å². The topological polar surface area (TPSA) is 68.7 Å². The Bertz CT molecular complexity index is 1560. The van der Waals surface area contributed by atoms with Crippen molar-refractivity contribution in [3.63, 3.8) is 0 Å². The van der Waals surface area contributed by atoms with E-state index in [9.17, 15) is 4.79 Å². The summed E-state index contributed by atoms with van der Waals surface area (Å²) in [7, 11) is 0. The Morgan fingerprint density at radius 1 is 0.846 bits per heavy atom. The monoisotopic (exact) mass is 553 g/mol. The molecule has 0 aliphatic carbocycles. The maximum absolute atomic E-state index is 10.8. The van der Waals surface area contributed by atoms with Crippen molar-refractivity contribution in [1.29, 1.82) is 0 Å². The molecule has 5 nitrogen and oxygen atoms in total. The number of aryl methyl sites for hydroxylation is 1. The lowest BCUT2D eigenvalue weighted by atomic mass is 10.0. The van der Waals surface area contributed by atoms with Crippen LogP contribution in [0.25, 0.3) is 32.8 Å². The standard InChI is InChI=1S/C32H27NO4S2/c1-21-18-26(14-17-28(21)37-20-30(34)35)36-19-29-33-31(32(39-29)25-12-15-27(38-2)16-13-25)24-10-8-23(9-11-24)22-6-4-3-5-7-22/h3-18H,19-20H2,1-2H3,(H,34,35). The molecule has 0 fully saturated rings. The number of hydrogen-bond donors (Lipinski definition) is 1. The van der Waals surface area contributed by atoms with Crippen LogP contribution in [0.4, 0.5) is 0 Å². The molecule has 0 saturated carbocycles. The second-order valence-corrected chi connectivity index (χ2v) is 10.8. The van der Waals surface area contributed by atoms with Gasteiger partial charge in [0, 0.05) is 10.5 Å². The Balaban J connectivity index is 1.41. The molecule has 0 unspecified atom stereocenters. The van der Waals surface area contributed by atoms with Crippen LogP contribution < -0.4 is 9.47 Å². The van der Waals surface area contributed by atoms with Gasteiger partial charge in [-0.2, -0.15) is 0 Å². The van der Waals surface area contributed by atoms with Crippen LogP contribution in [-0.2, 0) is 11.4 Å². The molecule has 0 saturated heterocycles. The lowest BCUT2D eigenvalue weighted by Crippen LogP contribution is -2.10. The lowest BCUT2D eigenvalue weighted by Gasteiger charge is -2.09. The summed E-state index contributed by atoms with van der Waals surface area (Å²) in [6.07, 6.45) is 2.07. The average molecular weight is 554 g/mol. The van der Waals surface area contributed by atoms with Crippen molar-refractivity contribution in [3.05, 3.63) is 108 Å². The first-order chi connectivity index (χ1) is 19.0. The van der Waals surface area contributed by atoms with Crippen molar-refractivity contribution in [3.8, 4) is 44.3 Å². The molecule has 7 heteroatoms. The summed E-state index contributed by atoms with van der Waals surface area (Å²) in [5, 5.41) is 9.72. The number of carbonyl (C=O) groups is 1. The fourth-order valence-corrected chi connectivity index (χ4v) is 5.58. The number of nitrogens with zero attached hydrogens (tertiary/aromatic N) is 1. The van der Waals surface area contributed by atoms with Gasteiger partial charge in [-0.3, -0.25) is 0 Å². The highest BCUT2D eigenvalue weighted by Crippen LogP contribution is 2.38. The van der Waals surface area contributed by atoms with Gasteiger partial charge in [0.1, 0.15) is 23.1 Å². The van der Waals surface area contributed by atoms with E-state index < -0.39 is 5.97 Å². The van der Waals surface area contributed by atoms with Gasteiger partial charge in [-0.1, -0.05) is 66.7 Å². The first-order valence-electron chi connectivity index (χ1n) is 12.4. The molecule has 0 aliphatic rings. The molecule has 0 bridgehead atoms. The van der Waals surface area contributed by atoms with E-state index in [4.69, 9.17) is 19.6 Å². The van der Waals surface area contributed by atoms with Crippen molar-refractivity contribution in [1.82, 2.24) is 4.98 Å². The highest BCUT2D eigenvalue weighted by molar-refractivity contribution is 7.98. The summed E-state index contributed by atoms with van der Waals surface area (Å²) in [6, 6.07) is 32.8. The normalized spacial score (nSPS) is 10.8.